The van der Waals surface area contributed by atoms with E-state index in [0.29, 0.717) is 13.2 Å². The molecule has 1 N–H and O–H groups in total. The maximum absolute atomic E-state index is 11.9. The summed E-state index contributed by atoms with van der Waals surface area (Å²) in [5.41, 5.74) is 1.02. The number of nitrogens with one attached hydrogen (secondary N) is 1. The second kappa shape index (κ2) is 6.21. The molecule has 1 aliphatic rings. The molecule has 1 saturated heterocycles. The summed E-state index contributed by atoms with van der Waals surface area (Å²) in [5, 5.41) is 2.71. The van der Waals surface area contributed by atoms with Gasteiger partial charge < -0.3 is 10.1 Å². The first-order chi connectivity index (χ1) is 8.66. The van der Waals surface area contributed by atoms with Gasteiger partial charge in [0.1, 0.15) is 0 Å². The quantitative estimate of drug-likeness (QED) is 0.852. The number of ether oxygens (including phenoxy) is 1. The van der Waals surface area contributed by atoms with Crippen molar-refractivity contribution in [1.29, 1.82) is 0 Å². The molecule has 1 amide bonds. The fraction of sp³-hybridized carbons (Fsp3) is 0.500. The van der Waals surface area contributed by atoms with Gasteiger partial charge in [-0.25, -0.2) is 0 Å². The molecular weight excluding hydrogens is 250 g/mol. The van der Waals surface area contributed by atoms with Crippen molar-refractivity contribution < 1.29 is 9.53 Å². The van der Waals surface area contributed by atoms with Gasteiger partial charge in [0.05, 0.1) is 24.0 Å². The summed E-state index contributed by atoms with van der Waals surface area (Å²) in [4.78, 5) is 11.9. The predicted molar refractivity (Wildman–Crippen MR) is 71.6 cm³/mol. The van der Waals surface area contributed by atoms with E-state index in [4.69, 9.17) is 16.3 Å². The van der Waals surface area contributed by atoms with Crippen LogP contribution in [0.5, 0.6) is 0 Å². The summed E-state index contributed by atoms with van der Waals surface area (Å²) in [6, 6.07) is 9.76. The average molecular weight is 268 g/mol. The minimum Gasteiger partial charge on any atom is -0.378 e. The molecule has 3 nitrogen and oxygen atoms in total. The second-order valence-corrected chi connectivity index (χ2v) is 5.23. The van der Waals surface area contributed by atoms with Crippen LogP contribution in [0.1, 0.15) is 24.3 Å². The van der Waals surface area contributed by atoms with Gasteiger partial charge in [0.2, 0.25) is 5.91 Å². The van der Waals surface area contributed by atoms with Gasteiger partial charge in [-0.3, -0.25) is 4.79 Å². The molecule has 0 radical (unpaired) electrons. The lowest BCUT2D eigenvalue weighted by Gasteiger charge is -2.13. The SMILES string of the molecule is CC1CC(C(=O)NCC(Cl)c2ccccc2)CO1. The maximum Gasteiger partial charge on any atom is 0.225 e. The number of benzene rings is 1. The van der Waals surface area contributed by atoms with Gasteiger partial charge in [-0.2, -0.15) is 0 Å². The smallest absolute Gasteiger partial charge is 0.225 e. The van der Waals surface area contributed by atoms with Gasteiger partial charge >= 0.3 is 0 Å². The van der Waals surface area contributed by atoms with Gasteiger partial charge in [0.25, 0.3) is 0 Å². The van der Waals surface area contributed by atoms with Crippen molar-refractivity contribution in [3.05, 3.63) is 35.9 Å². The van der Waals surface area contributed by atoms with Crippen LogP contribution in [0.15, 0.2) is 30.3 Å². The van der Waals surface area contributed by atoms with E-state index < -0.39 is 0 Å². The van der Waals surface area contributed by atoms with E-state index in [1.54, 1.807) is 0 Å². The van der Waals surface area contributed by atoms with Gasteiger partial charge in [0, 0.05) is 6.54 Å². The lowest BCUT2D eigenvalue weighted by Crippen LogP contribution is -2.33. The molecule has 0 aromatic heterocycles. The second-order valence-electron chi connectivity index (χ2n) is 4.70. The van der Waals surface area contributed by atoms with Crippen molar-refractivity contribution in [3.8, 4) is 0 Å². The van der Waals surface area contributed by atoms with Crippen molar-refractivity contribution in [2.45, 2.75) is 24.8 Å². The van der Waals surface area contributed by atoms with Crippen molar-refractivity contribution in [3.63, 3.8) is 0 Å². The minimum atomic E-state index is -0.185. The van der Waals surface area contributed by atoms with Crippen LogP contribution >= 0.6 is 11.6 Å². The molecule has 1 fully saturated rings. The molecule has 2 rings (SSSR count). The molecule has 1 aliphatic heterocycles. The van der Waals surface area contributed by atoms with E-state index in [0.717, 1.165) is 12.0 Å². The third-order valence-electron chi connectivity index (χ3n) is 3.19. The Balaban J connectivity index is 1.79. The lowest BCUT2D eigenvalue weighted by atomic mass is 10.1. The fourth-order valence-corrected chi connectivity index (χ4v) is 2.34. The molecule has 18 heavy (non-hydrogen) atoms. The van der Waals surface area contributed by atoms with Crippen LogP contribution in [0, 0.1) is 5.92 Å². The Bertz CT molecular complexity index is 396. The minimum absolute atomic E-state index is 0.0281. The normalized spacial score (nSPS) is 24.8. The van der Waals surface area contributed by atoms with Crippen LogP contribution in [0.2, 0.25) is 0 Å². The monoisotopic (exact) mass is 267 g/mol. The molecule has 0 spiro atoms. The van der Waals surface area contributed by atoms with Crippen LogP contribution in [0.25, 0.3) is 0 Å². The molecule has 1 heterocycles. The molecule has 98 valence electrons. The number of alkyl halides is 1. The predicted octanol–water partition coefficient (Wildman–Crippen LogP) is 2.51. The first kappa shape index (κ1) is 13.4. The lowest BCUT2D eigenvalue weighted by molar-refractivity contribution is -0.124. The number of halogens is 1. The summed E-state index contributed by atoms with van der Waals surface area (Å²) in [6.07, 6.45) is 0.978. The first-order valence-electron chi connectivity index (χ1n) is 6.25. The number of hydrogen-bond acceptors (Lipinski definition) is 2. The zero-order chi connectivity index (χ0) is 13.0. The zero-order valence-electron chi connectivity index (χ0n) is 10.4. The van der Waals surface area contributed by atoms with E-state index >= 15 is 0 Å². The molecular formula is C14H18ClNO2. The van der Waals surface area contributed by atoms with E-state index in [9.17, 15) is 4.79 Å². The van der Waals surface area contributed by atoms with Crippen molar-refractivity contribution in [1.82, 2.24) is 5.32 Å². The average Bonchev–Trinajstić information content (AvgIpc) is 2.83. The van der Waals surface area contributed by atoms with Crippen LogP contribution < -0.4 is 5.32 Å². The molecule has 0 aliphatic carbocycles. The number of amides is 1. The number of rotatable bonds is 4. The molecule has 1 aromatic carbocycles. The molecule has 0 saturated carbocycles. The van der Waals surface area contributed by atoms with Crippen LogP contribution in [0.4, 0.5) is 0 Å². The van der Waals surface area contributed by atoms with Gasteiger partial charge in [-0.15, -0.1) is 11.6 Å². The van der Waals surface area contributed by atoms with Crippen LogP contribution in [0.3, 0.4) is 0 Å². The highest BCUT2D eigenvalue weighted by atomic mass is 35.5. The topological polar surface area (TPSA) is 38.3 Å². The largest absolute Gasteiger partial charge is 0.378 e. The Kier molecular flexibility index (Phi) is 4.61. The summed E-state index contributed by atoms with van der Waals surface area (Å²) in [7, 11) is 0. The molecule has 0 bridgehead atoms. The Morgan fingerprint density at radius 2 is 2.22 bits per heavy atom. The molecule has 3 unspecified atom stereocenters. The van der Waals surface area contributed by atoms with Crippen LogP contribution in [-0.4, -0.2) is 25.2 Å². The van der Waals surface area contributed by atoms with Crippen molar-refractivity contribution in [2.24, 2.45) is 5.92 Å². The standard InChI is InChI=1S/C14H18ClNO2/c1-10-7-12(9-18-10)14(17)16-8-13(15)11-5-3-2-4-6-11/h2-6,10,12-13H,7-9H2,1H3,(H,16,17). The first-order valence-corrected chi connectivity index (χ1v) is 6.69. The number of carbonyl (C=O) groups is 1. The van der Waals surface area contributed by atoms with E-state index in [-0.39, 0.29) is 23.3 Å². The van der Waals surface area contributed by atoms with E-state index in [2.05, 4.69) is 5.32 Å². The van der Waals surface area contributed by atoms with Crippen molar-refractivity contribution in [2.75, 3.05) is 13.2 Å². The van der Waals surface area contributed by atoms with Gasteiger partial charge in [-0.05, 0) is 18.9 Å². The molecule has 3 atom stereocenters. The highest BCUT2D eigenvalue weighted by Crippen LogP contribution is 2.21. The highest BCUT2D eigenvalue weighted by molar-refractivity contribution is 6.21. The van der Waals surface area contributed by atoms with E-state index in [1.807, 2.05) is 37.3 Å². The number of hydrogen-bond donors (Lipinski definition) is 1. The van der Waals surface area contributed by atoms with Gasteiger partial charge in [-0.1, -0.05) is 30.3 Å². The summed E-state index contributed by atoms with van der Waals surface area (Å²) < 4.78 is 5.38. The fourth-order valence-electron chi connectivity index (χ4n) is 2.11. The Hall–Kier alpha value is -1.06. The maximum atomic E-state index is 11.9. The summed E-state index contributed by atoms with van der Waals surface area (Å²) in [6.45, 7) is 2.96. The van der Waals surface area contributed by atoms with Crippen LogP contribution in [-0.2, 0) is 9.53 Å². The summed E-state index contributed by atoms with van der Waals surface area (Å²) >= 11 is 6.24. The Morgan fingerprint density at radius 1 is 1.50 bits per heavy atom. The highest BCUT2D eigenvalue weighted by Gasteiger charge is 2.28. The molecule has 4 heteroatoms. The molecule has 1 aromatic rings. The van der Waals surface area contributed by atoms with Gasteiger partial charge in [0.15, 0.2) is 0 Å². The third kappa shape index (κ3) is 3.47. The Labute approximate surface area is 112 Å². The third-order valence-corrected chi connectivity index (χ3v) is 3.59. The summed E-state index contributed by atoms with van der Waals surface area (Å²) in [5.74, 6) is 0.0144. The van der Waals surface area contributed by atoms with E-state index in [1.165, 1.54) is 0 Å². The number of carbonyl (C=O) groups excluding carboxylic acids is 1. The van der Waals surface area contributed by atoms with Crippen molar-refractivity contribution >= 4 is 17.5 Å². The Morgan fingerprint density at radius 3 is 2.83 bits per heavy atom. The zero-order valence-corrected chi connectivity index (χ0v) is 11.2.